The number of rotatable bonds is 5. The van der Waals surface area contributed by atoms with Crippen molar-refractivity contribution < 1.29 is 18.4 Å². The molecule has 2 N–H and O–H groups in total. The Morgan fingerprint density at radius 1 is 0.682 bits per heavy atom. The molecule has 0 aromatic heterocycles. The van der Waals surface area contributed by atoms with Gasteiger partial charge >= 0.3 is 0 Å². The first kappa shape index (κ1) is 15.6. The number of nitrogens with one attached hydrogen (secondary N) is 2. The van der Waals surface area contributed by atoms with E-state index in [4.69, 9.17) is 0 Å². The van der Waals surface area contributed by atoms with Crippen LogP contribution in [0.5, 0.6) is 0 Å². The molecule has 0 saturated heterocycles. The van der Waals surface area contributed by atoms with Crippen molar-refractivity contribution in [2.45, 2.75) is 12.8 Å². The molecule has 0 aliphatic carbocycles. The number of halogens is 2. The minimum Gasteiger partial charge on any atom is -0.326 e. The minimum absolute atomic E-state index is 0.00952. The molecule has 4 nitrogen and oxygen atoms in total. The molecule has 0 bridgehead atoms. The molecular weight excluding hydrogens is 290 g/mol. The lowest BCUT2D eigenvalue weighted by Gasteiger charge is -2.06. The van der Waals surface area contributed by atoms with E-state index in [1.807, 2.05) is 0 Å². The fraction of sp³-hybridized carbons (Fsp3) is 0.125. The van der Waals surface area contributed by atoms with Crippen molar-refractivity contribution in [1.29, 1.82) is 0 Å². The van der Waals surface area contributed by atoms with E-state index in [2.05, 4.69) is 10.6 Å². The summed E-state index contributed by atoms with van der Waals surface area (Å²) in [5.74, 6) is -1.48. The van der Waals surface area contributed by atoms with Gasteiger partial charge in [-0.3, -0.25) is 9.59 Å². The zero-order valence-electron chi connectivity index (χ0n) is 11.6. The van der Waals surface area contributed by atoms with Crippen LogP contribution in [0, 0.1) is 11.6 Å². The summed E-state index contributed by atoms with van der Waals surface area (Å²) in [6.45, 7) is 0. The maximum atomic E-state index is 12.7. The van der Waals surface area contributed by atoms with E-state index in [0.29, 0.717) is 11.4 Å². The van der Waals surface area contributed by atoms with Crippen LogP contribution in [0.4, 0.5) is 20.2 Å². The monoisotopic (exact) mass is 304 g/mol. The third kappa shape index (κ3) is 4.97. The zero-order valence-corrected chi connectivity index (χ0v) is 11.6. The van der Waals surface area contributed by atoms with Crippen molar-refractivity contribution in [2.75, 3.05) is 10.6 Å². The van der Waals surface area contributed by atoms with E-state index in [1.54, 1.807) is 0 Å². The van der Waals surface area contributed by atoms with Crippen molar-refractivity contribution in [3.63, 3.8) is 0 Å². The molecule has 2 amide bonds. The lowest BCUT2D eigenvalue weighted by Crippen LogP contribution is -2.17. The van der Waals surface area contributed by atoms with Gasteiger partial charge in [0.25, 0.3) is 0 Å². The molecule has 2 aromatic rings. The molecule has 0 radical (unpaired) electrons. The van der Waals surface area contributed by atoms with E-state index in [9.17, 15) is 18.4 Å². The van der Waals surface area contributed by atoms with Crippen LogP contribution >= 0.6 is 0 Å². The third-order valence-electron chi connectivity index (χ3n) is 2.84. The molecule has 0 unspecified atom stereocenters. The molecule has 2 rings (SSSR count). The van der Waals surface area contributed by atoms with E-state index >= 15 is 0 Å². The van der Waals surface area contributed by atoms with Gasteiger partial charge in [0.2, 0.25) is 11.8 Å². The van der Waals surface area contributed by atoms with Crippen LogP contribution in [0.3, 0.4) is 0 Å². The van der Waals surface area contributed by atoms with E-state index in [0.717, 1.165) is 0 Å². The first-order chi connectivity index (χ1) is 10.5. The zero-order chi connectivity index (χ0) is 15.9. The summed E-state index contributed by atoms with van der Waals surface area (Å²) in [5.41, 5.74) is 0.927. The fourth-order valence-electron chi connectivity index (χ4n) is 1.74. The average Bonchev–Trinajstić information content (AvgIpc) is 2.50. The van der Waals surface area contributed by atoms with Crippen molar-refractivity contribution >= 4 is 23.2 Å². The van der Waals surface area contributed by atoms with E-state index in [1.165, 1.54) is 48.5 Å². The lowest BCUT2D eigenvalue weighted by atomic mass is 10.2. The van der Waals surface area contributed by atoms with E-state index in [-0.39, 0.29) is 24.7 Å². The summed E-state index contributed by atoms with van der Waals surface area (Å²) in [6.07, 6.45) is -0.0190. The molecule has 0 atom stereocenters. The number of amides is 2. The van der Waals surface area contributed by atoms with Gasteiger partial charge in [0.1, 0.15) is 11.6 Å². The van der Waals surface area contributed by atoms with Gasteiger partial charge in [-0.1, -0.05) is 0 Å². The second-order valence-electron chi connectivity index (χ2n) is 4.61. The molecule has 0 spiro atoms. The number of carbonyl (C=O) groups is 2. The van der Waals surface area contributed by atoms with Crippen LogP contribution in [0.25, 0.3) is 0 Å². The van der Waals surface area contributed by atoms with Crippen molar-refractivity contribution in [3.8, 4) is 0 Å². The Kier molecular flexibility index (Phi) is 5.19. The molecule has 22 heavy (non-hydrogen) atoms. The fourth-order valence-corrected chi connectivity index (χ4v) is 1.74. The molecule has 0 saturated carbocycles. The Bertz CT molecular complexity index is 595. The van der Waals surface area contributed by atoms with Gasteiger partial charge in [-0.25, -0.2) is 8.78 Å². The van der Waals surface area contributed by atoms with E-state index < -0.39 is 11.6 Å². The van der Waals surface area contributed by atoms with Crippen LogP contribution in [0.15, 0.2) is 48.5 Å². The SMILES string of the molecule is O=C(CCC(=O)Nc1ccc(F)cc1)Nc1ccc(F)cc1. The summed E-state index contributed by atoms with van der Waals surface area (Å²) in [7, 11) is 0. The van der Waals surface area contributed by atoms with Gasteiger partial charge < -0.3 is 10.6 Å². The molecule has 6 heteroatoms. The maximum absolute atomic E-state index is 12.7. The van der Waals surface area contributed by atoms with Crippen molar-refractivity contribution in [3.05, 3.63) is 60.2 Å². The number of hydrogen-bond acceptors (Lipinski definition) is 2. The van der Waals surface area contributed by atoms with Crippen LogP contribution in [0.1, 0.15) is 12.8 Å². The average molecular weight is 304 g/mol. The number of anilines is 2. The summed E-state index contributed by atoms with van der Waals surface area (Å²) in [5, 5.41) is 5.12. The summed E-state index contributed by atoms with van der Waals surface area (Å²) < 4.78 is 25.4. The Hall–Kier alpha value is -2.76. The van der Waals surface area contributed by atoms with Gasteiger partial charge in [-0.15, -0.1) is 0 Å². The Labute approximate surface area is 126 Å². The highest BCUT2D eigenvalue weighted by molar-refractivity contribution is 5.96. The summed E-state index contributed by atoms with van der Waals surface area (Å²) in [6, 6.07) is 10.7. The highest BCUT2D eigenvalue weighted by Gasteiger charge is 2.08. The number of hydrogen-bond donors (Lipinski definition) is 2. The van der Waals surface area contributed by atoms with Crippen molar-refractivity contribution in [2.24, 2.45) is 0 Å². The largest absolute Gasteiger partial charge is 0.326 e. The third-order valence-corrected chi connectivity index (χ3v) is 2.84. The van der Waals surface area contributed by atoms with Gasteiger partial charge in [-0.05, 0) is 48.5 Å². The second-order valence-corrected chi connectivity index (χ2v) is 4.61. The Balaban J connectivity index is 1.76. The highest BCUT2D eigenvalue weighted by Crippen LogP contribution is 2.11. The smallest absolute Gasteiger partial charge is 0.224 e. The second kappa shape index (κ2) is 7.31. The molecule has 114 valence electrons. The molecule has 2 aromatic carbocycles. The van der Waals surface area contributed by atoms with Crippen LogP contribution < -0.4 is 10.6 Å². The molecule has 0 fully saturated rings. The topological polar surface area (TPSA) is 58.2 Å². The maximum Gasteiger partial charge on any atom is 0.224 e. The standard InChI is InChI=1S/C16H14F2N2O2/c17-11-1-5-13(6-2-11)19-15(21)9-10-16(22)20-14-7-3-12(18)4-8-14/h1-8H,9-10H2,(H,19,21)(H,20,22). The van der Waals surface area contributed by atoms with Crippen molar-refractivity contribution in [1.82, 2.24) is 0 Å². The molecule has 0 aliphatic rings. The normalized spacial score (nSPS) is 10.1. The van der Waals surface area contributed by atoms with Crippen LogP contribution in [0.2, 0.25) is 0 Å². The summed E-state index contributed by atoms with van der Waals surface area (Å²) in [4.78, 5) is 23.3. The van der Waals surface area contributed by atoms with Crippen LogP contribution in [-0.4, -0.2) is 11.8 Å². The number of benzene rings is 2. The first-order valence-corrected chi connectivity index (χ1v) is 6.64. The Morgan fingerprint density at radius 2 is 1.00 bits per heavy atom. The molecular formula is C16H14F2N2O2. The Morgan fingerprint density at radius 3 is 1.32 bits per heavy atom. The predicted molar refractivity (Wildman–Crippen MR) is 79.3 cm³/mol. The predicted octanol–water partition coefficient (Wildman–Crippen LogP) is 3.32. The first-order valence-electron chi connectivity index (χ1n) is 6.64. The molecule has 0 aliphatic heterocycles. The summed E-state index contributed by atoms with van der Waals surface area (Å²) >= 11 is 0. The van der Waals surface area contributed by atoms with Gasteiger partial charge in [0, 0.05) is 24.2 Å². The minimum atomic E-state index is -0.392. The quantitative estimate of drug-likeness (QED) is 0.890. The highest BCUT2D eigenvalue weighted by atomic mass is 19.1. The van der Waals surface area contributed by atoms with Gasteiger partial charge in [0.15, 0.2) is 0 Å². The van der Waals surface area contributed by atoms with Crippen LogP contribution in [-0.2, 0) is 9.59 Å². The molecule has 0 heterocycles. The van der Waals surface area contributed by atoms with Gasteiger partial charge in [0.05, 0.1) is 0 Å². The van der Waals surface area contributed by atoms with Gasteiger partial charge in [-0.2, -0.15) is 0 Å². The number of carbonyl (C=O) groups excluding carboxylic acids is 2. The lowest BCUT2D eigenvalue weighted by molar-refractivity contribution is -0.121.